The first-order valence-corrected chi connectivity index (χ1v) is 8.46. The summed E-state index contributed by atoms with van der Waals surface area (Å²) in [5.41, 5.74) is 2.71. The first-order valence-electron chi connectivity index (χ1n) is 7.64. The normalized spacial score (nSPS) is 11.0. The molecule has 0 saturated heterocycles. The molecule has 6 heteroatoms. The van der Waals surface area contributed by atoms with Crippen molar-refractivity contribution in [3.63, 3.8) is 0 Å². The average Bonchev–Trinajstić information content (AvgIpc) is 3.09. The van der Waals surface area contributed by atoms with Gasteiger partial charge in [-0.2, -0.15) is 0 Å². The van der Waals surface area contributed by atoms with Gasteiger partial charge in [-0.25, -0.2) is 14.4 Å². The molecule has 4 nitrogen and oxygen atoms in total. The van der Waals surface area contributed by atoms with E-state index in [4.69, 9.17) is 4.74 Å². The molecule has 2 aromatic heterocycles. The zero-order valence-corrected chi connectivity index (χ0v) is 14.2. The minimum Gasteiger partial charge on any atom is -0.497 e. The summed E-state index contributed by atoms with van der Waals surface area (Å²) < 4.78 is 18.4. The molecule has 0 saturated carbocycles. The highest BCUT2D eigenvalue weighted by atomic mass is 32.2. The number of H-pyrrole nitrogens is 1. The van der Waals surface area contributed by atoms with Crippen LogP contribution in [0.25, 0.3) is 22.3 Å². The Morgan fingerprint density at radius 1 is 1.04 bits per heavy atom. The molecule has 1 N–H and O–H groups in total. The van der Waals surface area contributed by atoms with Crippen LogP contribution >= 0.6 is 11.8 Å². The number of aromatic amines is 1. The van der Waals surface area contributed by atoms with Crippen molar-refractivity contribution in [1.82, 2.24) is 15.0 Å². The van der Waals surface area contributed by atoms with Gasteiger partial charge in [0.1, 0.15) is 28.6 Å². The van der Waals surface area contributed by atoms with E-state index in [1.54, 1.807) is 19.2 Å². The van der Waals surface area contributed by atoms with Crippen LogP contribution in [0, 0.1) is 5.82 Å². The second-order valence-corrected chi connectivity index (χ2v) is 6.47. The zero-order chi connectivity index (χ0) is 17.2. The first-order chi connectivity index (χ1) is 12.2. The van der Waals surface area contributed by atoms with E-state index in [1.807, 2.05) is 30.3 Å². The van der Waals surface area contributed by atoms with Crippen LogP contribution in [0.5, 0.6) is 5.75 Å². The summed E-state index contributed by atoms with van der Waals surface area (Å²) in [6.45, 7) is 0. The Hall–Kier alpha value is -2.86. The van der Waals surface area contributed by atoms with E-state index in [0.717, 1.165) is 38.0 Å². The number of benzene rings is 2. The molecule has 0 spiro atoms. The van der Waals surface area contributed by atoms with E-state index in [9.17, 15) is 4.39 Å². The molecule has 4 rings (SSSR count). The van der Waals surface area contributed by atoms with Crippen molar-refractivity contribution in [2.75, 3.05) is 7.11 Å². The summed E-state index contributed by atoms with van der Waals surface area (Å²) in [7, 11) is 1.65. The summed E-state index contributed by atoms with van der Waals surface area (Å²) in [6, 6.07) is 16.2. The van der Waals surface area contributed by atoms with Gasteiger partial charge in [0.25, 0.3) is 0 Å². The molecular formula is C19H14FN3OS. The van der Waals surface area contributed by atoms with E-state index in [-0.39, 0.29) is 5.82 Å². The number of nitrogens with one attached hydrogen (secondary N) is 1. The number of ether oxygens (including phenoxy) is 1. The molecule has 25 heavy (non-hydrogen) atoms. The van der Waals surface area contributed by atoms with Crippen molar-refractivity contribution in [3.8, 4) is 17.0 Å². The predicted molar refractivity (Wildman–Crippen MR) is 96.4 cm³/mol. The number of nitrogens with zero attached hydrogens (tertiary/aromatic N) is 2. The van der Waals surface area contributed by atoms with Gasteiger partial charge in [0, 0.05) is 16.2 Å². The molecule has 2 aromatic carbocycles. The van der Waals surface area contributed by atoms with E-state index in [2.05, 4.69) is 15.0 Å². The molecule has 0 bridgehead atoms. The highest BCUT2D eigenvalue weighted by molar-refractivity contribution is 7.99. The summed E-state index contributed by atoms with van der Waals surface area (Å²) in [4.78, 5) is 12.9. The fraction of sp³-hybridized carbons (Fsp3) is 0.0526. The number of fused-ring (bicyclic) bond motifs is 1. The number of halogens is 1. The zero-order valence-electron chi connectivity index (χ0n) is 13.4. The molecule has 124 valence electrons. The van der Waals surface area contributed by atoms with E-state index < -0.39 is 0 Å². The van der Waals surface area contributed by atoms with Gasteiger partial charge in [-0.05, 0) is 42.5 Å². The third-order valence-corrected chi connectivity index (χ3v) is 4.82. The van der Waals surface area contributed by atoms with Gasteiger partial charge in [0.15, 0.2) is 0 Å². The monoisotopic (exact) mass is 351 g/mol. The van der Waals surface area contributed by atoms with Crippen LogP contribution in [-0.2, 0) is 0 Å². The summed E-state index contributed by atoms with van der Waals surface area (Å²) >= 11 is 1.48. The van der Waals surface area contributed by atoms with Crippen molar-refractivity contribution in [2.24, 2.45) is 0 Å². The average molecular weight is 351 g/mol. The number of methoxy groups -OCH3 is 1. The molecule has 0 unspecified atom stereocenters. The quantitative estimate of drug-likeness (QED) is 0.530. The van der Waals surface area contributed by atoms with Crippen molar-refractivity contribution >= 4 is 22.8 Å². The summed E-state index contributed by atoms with van der Waals surface area (Å²) in [5, 5.41) is 1.75. The van der Waals surface area contributed by atoms with Crippen LogP contribution in [0.2, 0.25) is 0 Å². The van der Waals surface area contributed by atoms with Gasteiger partial charge < -0.3 is 9.72 Å². The fourth-order valence-corrected chi connectivity index (χ4v) is 3.42. The Morgan fingerprint density at radius 2 is 1.88 bits per heavy atom. The predicted octanol–water partition coefficient (Wildman–Crippen LogP) is 4.92. The second-order valence-electron chi connectivity index (χ2n) is 5.41. The van der Waals surface area contributed by atoms with Crippen molar-refractivity contribution in [2.45, 2.75) is 9.92 Å². The van der Waals surface area contributed by atoms with Crippen LogP contribution in [0.4, 0.5) is 4.39 Å². The third kappa shape index (κ3) is 3.21. The molecule has 0 fully saturated rings. The fourth-order valence-electron chi connectivity index (χ4n) is 2.56. The molecule has 4 aromatic rings. The molecule has 0 amide bonds. The molecule has 0 aliphatic rings. The molecule has 0 atom stereocenters. The largest absolute Gasteiger partial charge is 0.497 e. The Morgan fingerprint density at radius 3 is 2.68 bits per heavy atom. The van der Waals surface area contributed by atoms with Gasteiger partial charge in [-0.3, -0.25) is 0 Å². The highest BCUT2D eigenvalue weighted by Gasteiger charge is 2.11. The Bertz CT molecular complexity index is 1030. The van der Waals surface area contributed by atoms with Gasteiger partial charge in [0.2, 0.25) is 0 Å². The highest BCUT2D eigenvalue weighted by Crippen LogP contribution is 2.34. The van der Waals surface area contributed by atoms with E-state index >= 15 is 0 Å². The van der Waals surface area contributed by atoms with Gasteiger partial charge in [-0.15, -0.1) is 0 Å². The maximum Gasteiger partial charge on any atom is 0.142 e. The van der Waals surface area contributed by atoms with Gasteiger partial charge in [0.05, 0.1) is 12.5 Å². The number of hydrogen-bond acceptors (Lipinski definition) is 4. The lowest BCUT2D eigenvalue weighted by atomic mass is 10.1. The topological polar surface area (TPSA) is 50.8 Å². The Balaban J connectivity index is 1.74. The minimum absolute atomic E-state index is 0.251. The van der Waals surface area contributed by atoms with Crippen LogP contribution in [0.1, 0.15) is 0 Å². The van der Waals surface area contributed by atoms with Crippen LogP contribution in [-0.4, -0.2) is 22.1 Å². The van der Waals surface area contributed by atoms with Crippen LogP contribution in [0.15, 0.2) is 70.8 Å². The van der Waals surface area contributed by atoms with Crippen molar-refractivity contribution < 1.29 is 9.13 Å². The lowest BCUT2D eigenvalue weighted by Crippen LogP contribution is -1.85. The molecular weight excluding hydrogens is 337 g/mol. The van der Waals surface area contributed by atoms with Crippen molar-refractivity contribution in [1.29, 1.82) is 0 Å². The maximum absolute atomic E-state index is 13.1. The summed E-state index contributed by atoms with van der Waals surface area (Å²) in [5.74, 6) is 0.544. The van der Waals surface area contributed by atoms with E-state index in [0.29, 0.717) is 0 Å². The Labute approximate surface area is 148 Å². The number of aromatic nitrogens is 3. The maximum atomic E-state index is 13.1. The van der Waals surface area contributed by atoms with E-state index in [1.165, 1.54) is 30.2 Å². The molecule has 0 aliphatic heterocycles. The van der Waals surface area contributed by atoms with Crippen LogP contribution in [0.3, 0.4) is 0 Å². The first kappa shape index (κ1) is 15.7. The standard InChI is InChI=1S/C19H14FN3OS/c1-24-14-4-2-3-12(9-14)17-10-16-18(23-17)21-11-22-19(16)25-15-7-5-13(20)6-8-15/h2-11H,1H3,(H,21,22,23). The SMILES string of the molecule is COc1cccc(-c2cc3c(Sc4ccc(F)cc4)ncnc3[nH]2)c1. The molecule has 0 aliphatic carbocycles. The lowest BCUT2D eigenvalue weighted by Gasteiger charge is -2.02. The second kappa shape index (κ2) is 6.57. The smallest absolute Gasteiger partial charge is 0.142 e. The molecule has 0 radical (unpaired) electrons. The van der Waals surface area contributed by atoms with Gasteiger partial charge >= 0.3 is 0 Å². The number of hydrogen-bond donors (Lipinski definition) is 1. The minimum atomic E-state index is -0.251. The molecule has 2 heterocycles. The third-order valence-electron chi connectivity index (χ3n) is 3.80. The van der Waals surface area contributed by atoms with Crippen molar-refractivity contribution in [3.05, 3.63) is 66.7 Å². The lowest BCUT2D eigenvalue weighted by molar-refractivity contribution is 0.415. The summed E-state index contributed by atoms with van der Waals surface area (Å²) in [6.07, 6.45) is 1.53. The van der Waals surface area contributed by atoms with Gasteiger partial charge in [-0.1, -0.05) is 23.9 Å². The van der Waals surface area contributed by atoms with Crippen LogP contribution < -0.4 is 4.74 Å². The Kier molecular flexibility index (Phi) is 4.11. The number of rotatable bonds is 4.